The van der Waals surface area contributed by atoms with Gasteiger partial charge in [-0.2, -0.15) is 13.2 Å². The van der Waals surface area contributed by atoms with Crippen molar-refractivity contribution < 1.29 is 37.0 Å². The molecule has 8 nitrogen and oxygen atoms in total. The van der Waals surface area contributed by atoms with Crippen molar-refractivity contribution in [1.29, 1.82) is 0 Å². The number of carbonyl (C=O) groups excluding carboxylic acids is 2. The molecule has 0 atom stereocenters. The summed E-state index contributed by atoms with van der Waals surface area (Å²) in [6.45, 7) is -1.45. The minimum absolute atomic E-state index is 0.144. The Kier molecular flexibility index (Phi) is 8.06. The summed E-state index contributed by atoms with van der Waals surface area (Å²) in [7, 11) is 4.69. The Morgan fingerprint density at radius 1 is 1.10 bits per heavy atom. The lowest BCUT2D eigenvalue weighted by Gasteiger charge is -2.14. The van der Waals surface area contributed by atoms with Crippen LogP contribution in [0.4, 0.5) is 13.2 Å². The third-order valence-corrected chi connectivity index (χ3v) is 3.91. The highest BCUT2D eigenvalue weighted by Gasteiger charge is 2.28. The topological polar surface area (TPSA) is 90.0 Å². The first-order valence-electron chi connectivity index (χ1n) is 9.02. The van der Waals surface area contributed by atoms with Crippen LogP contribution in [-0.4, -0.2) is 62.3 Å². The molecule has 0 saturated heterocycles. The molecule has 2 rings (SSSR count). The summed E-state index contributed by atoms with van der Waals surface area (Å²) in [5, 5.41) is 2.67. The highest BCUT2D eigenvalue weighted by molar-refractivity contribution is 5.93. The molecule has 0 bridgehead atoms. The van der Waals surface area contributed by atoms with Crippen LogP contribution in [-0.2, 0) is 11.3 Å². The molecule has 0 spiro atoms. The molecule has 1 N–H and O–H groups in total. The zero-order valence-electron chi connectivity index (χ0n) is 17.2. The molecule has 0 aliphatic heterocycles. The second-order valence-corrected chi connectivity index (χ2v) is 6.53. The van der Waals surface area contributed by atoms with Gasteiger partial charge in [0.25, 0.3) is 11.8 Å². The SMILES string of the molecule is COc1cc(CNC(=O)c2ccc(OCC(F)(F)F)nc2)ccc1OCC(=O)N(C)C. The second kappa shape index (κ2) is 10.5. The number of hydrogen-bond acceptors (Lipinski definition) is 6. The normalized spacial score (nSPS) is 10.9. The third-order valence-electron chi connectivity index (χ3n) is 3.91. The molecule has 1 aromatic carbocycles. The fourth-order valence-electron chi connectivity index (χ4n) is 2.25. The molecule has 11 heteroatoms. The average Bonchev–Trinajstić information content (AvgIpc) is 2.74. The maximum Gasteiger partial charge on any atom is 0.422 e. The molecule has 0 fully saturated rings. The minimum atomic E-state index is -4.47. The third kappa shape index (κ3) is 7.68. The van der Waals surface area contributed by atoms with E-state index in [9.17, 15) is 22.8 Å². The van der Waals surface area contributed by atoms with Crippen molar-refractivity contribution in [2.75, 3.05) is 34.4 Å². The Bertz CT molecular complexity index is 902. The summed E-state index contributed by atoms with van der Waals surface area (Å²) in [5.74, 6) is -0.132. The van der Waals surface area contributed by atoms with Crippen LogP contribution in [0.5, 0.6) is 17.4 Å². The average molecular weight is 441 g/mol. The van der Waals surface area contributed by atoms with Crippen LogP contribution in [0.25, 0.3) is 0 Å². The maximum atomic E-state index is 12.2. The van der Waals surface area contributed by atoms with Crippen molar-refractivity contribution in [3.8, 4) is 17.4 Å². The van der Waals surface area contributed by atoms with Gasteiger partial charge in [0.2, 0.25) is 5.88 Å². The van der Waals surface area contributed by atoms with Crippen LogP contribution in [0, 0.1) is 0 Å². The number of halogens is 3. The Labute approximate surface area is 176 Å². The molecule has 0 unspecified atom stereocenters. The van der Waals surface area contributed by atoms with E-state index in [2.05, 4.69) is 15.0 Å². The Morgan fingerprint density at radius 2 is 1.84 bits per heavy atom. The standard InChI is InChI=1S/C20H22F3N3O5/c1-26(2)18(27)11-30-15-6-4-13(8-16(15)29-3)9-25-19(28)14-5-7-17(24-10-14)31-12-20(21,22)23/h4-8,10H,9,11-12H2,1-3H3,(H,25,28). The predicted octanol–water partition coefficient (Wildman–Crippen LogP) is 2.43. The maximum absolute atomic E-state index is 12.2. The fourth-order valence-corrected chi connectivity index (χ4v) is 2.25. The fraction of sp³-hybridized carbons (Fsp3) is 0.350. The smallest absolute Gasteiger partial charge is 0.422 e. The van der Waals surface area contributed by atoms with Crippen LogP contribution in [0.15, 0.2) is 36.5 Å². The van der Waals surface area contributed by atoms with Crippen molar-refractivity contribution in [3.05, 3.63) is 47.7 Å². The number of ether oxygens (including phenoxy) is 3. The highest BCUT2D eigenvalue weighted by atomic mass is 19.4. The molecule has 1 aromatic heterocycles. The van der Waals surface area contributed by atoms with Gasteiger partial charge in [-0.3, -0.25) is 9.59 Å². The highest BCUT2D eigenvalue weighted by Crippen LogP contribution is 2.28. The summed E-state index contributed by atoms with van der Waals surface area (Å²) in [5.41, 5.74) is 0.864. The molecule has 0 aliphatic rings. The number of nitrogens with zero attached hydrogens (tertiary/aromatic N) is 2. The van der Waals surface area contributed by atoms with E-state index in [4.69, 9.17) is 9.47 Å². The molecule has 0 aliphatic carbocycles. The lowest BCUT2D eigenvalue weighted by Crippen LogP contribution is -2.27. The first-order valence-corrected chi connectivity index (χ1v) is 9.02. The lowest BCUT2D eigenvalue weighted by atomic mass is 10.2. The number of likely N-dealkylation sites (N-methyl/N-ethyl adjacent to an activating group) is 1. The van der Waals surface area contributed by atoms with Gasteiger partial charge in [-0.15, -0.1) is 0 Å². The molecule has 1 heterocycles. The number of rotatable bonds is 9. The monoisotopic (exact) mass is 441 g/mol. The number of aromatic nitrogens is 1. The predicted molar refractivity (Wildman–Crippen MR) is 104 cm³/mol. The van der Waals surface area contributed by atoms with Gasteiger partial charge in [0, 0.05) is 32.9 Å². The first kappa shape index (κ1) is 23.8. The Morgan fingerprint density at radius 3 is 2.42 bits per heavy atom. The molecule has 2 amide bonds. The molecule has 168 valence electrons. The van der Waals surface area contributed by atoms with Crippen LogP contribution >= 0.6 is 0 Å². The minimum Gasteiger partial charge on any atom is -0.493 e. The van der Waals surface area contributed by atoms with E-state index in [1.54, 1.807) is 32.3 Å². The zero-order chi connectivity index (χ0) is 23.0. The van der Waals surface area contributed by atoms with Gasteiger partial charge < -0.3 is 24.4 Å². The number of pyridine rings is 1. The van der Waals surface area contributed by atoms with Gasteiger partial charge in [0.1, 0.15) is 0 Å². The molecule has 0 saturated carbocycles. The zero-order valence-corrected chi connectivity index (χ0v) is 17.2. The number of hydrogen-bond donors (Lipinski definition) is 1. The van der Waals surface area contributed by atoms with Crippen LogP contribution in [0.2, 0.25) is 0 Å². The number of methoxy groups -OCH3 is 1. The summed E-state index contributed by atoms with van der Waals surface area (Å²) in [6.07, 6.45) is -3.35. The number of carbonyl (C=O) groups is 2. The van der Waals surface area contributed by atoms with Crippen LogP contribution < -0.4 is 19.5 Å². The quantitative estimate of drug-likeness (QED) is 0.643. The number of benzene rings is 1. The molecule has 0 radical (unpaired) electrons. The molecular weight excluding hydrogens is 419 g/mol. The van der Waals surface area contributed by atoms with Gasteiger partial charge in [0.15, 0.2) is 24.7 Å². The van der Waals surface area contributed by atoms with Gasteiger partial charge in [0.05, 0.1) is 12.7 Å². The van der Waals surface area contributed by atoms with Gasteiger partial charge >= 0.3 is 6.18 Å². The summed E-state index contributed by atoms with van der Waals surface area (Å²) in [4.78, 5) is 29.0. The largest absolute Gasteiger partial charge is 0.493 e. The van der Waals surface area contributed by atoms with E-state index in [-0.39, 0.29) is 30.5 Å². The van der Waals surface area contributed by atoms with Crippen molar-refractivity contribution in [2.24, 2.45) is 0 Å². The lowest BCUT2D eigenvalue weighted by molar-refractivity contribution is -0.154. The van der Waals surface area contributed by atoms with E-state index in [0.29, 0.717) is 17.1 Å². The van der Waals surface area contributed by atoms with Crippen LogP contribution in [0.3, 0.4) is 0 Å². The van der Waals surface area contributed by atoms with Crippen molar-refractivity contribution >= 4 is 11.8 Å². The number of amides is 2. The summed E-state index contributed by atoms with van der Waals surface area (Å²) < 4.78 is 51.7. The molecule has 2 aromatic rings. The molecular formula is C20H22F3N3O5. The van der Waals surface area contributed by atoms with Crippen molar-refractivity contribution in [2.45, 2.75) is 12.7 Å². The summed E-state index contributed by atoms with van der Waals surface area (Å²) in [6, 6.07) is 7.47. The van der Waals surface area contributed by atoms with E-state index in [0.717, 1.165) is 6.20 Å². The number of alkyl halides is 3. The summed E-state index contributed by atoms with van der Waals surface area (Å²) >= 11 is 0. The first-order chi connectivity index (χ1) is 14.6. The van der Waals surface area contributed by atoms with Gasteiger partial charge in [-0.1, -0.05) is 6.07 Å². The molecule has 31 heavy (non-hydrogen) atoms. The van der Waals surface area contributed by atoms with Gasteiger partial charge in [-0.05, 0) is 23.8 Å². The van der Waals surface area contributed by atoms with E-state index in [1.165, 1.54) is 24.1 Å². The van der Waals surface area contributed by atoms with E-state index >= 15 is 0 Å². The Balaban J connectivity index is 1.93. The van der Waals surface area contributed by atoms with Crippen molar-refractivity contribution in [3.63, 3.8) is 0 Å². The van der Waals surface area contributed by atoms with E-state index < -0.39 is 18.7 Å². The van der Waals surface area contributed by atoms with E-state index in [1.807, 2.05) is 0 Å². The van der Waals surface area contributed by atoms with Crippen molar-refractivity contribution in [1.82, 2.24) is 15.2 Å². The number of nitrogens with one attached hydrogen (secondary N) is 1. The van der Waals surface area contributed by atoms with Gasteiger partial charge in [-0.25, -0.2) is 4.98 Å². The second-order valence-electron chi connectivity index (χ2n) is 6.53. The van der Waals surface area contributed by atoms with Crippen LogP contribution in [0.1, 0.15) is 15.9 Å². The Hall–Kier alpha value is -3.50.